The summed E-state index contributed by atoms with van der Waals surface area (Å²) in [4.78, 5) is 0. The van der Waals surface area contributed by atoms with Crippen molar-refractivity contribution in [3.8, 4) is 0 Å². The largest absolute Gasteiger partial charge is 0.384 e. The number of rotatable bonds is 4. The quantitative estimate of drug-likeness (QED) is 0.717. The number of hydrogen-bond acceptors (Lipinski definition) is 2. The molecule has 1 N–H and O–H groups in total. The Morgan fingerprint density at radius 2 is 2.00 bits per heavy atom. The Labute approximate surface area is 81.0 Å². The molecule has 1 aliphatic carbocycles. The van der Waals surface area contributed by atoms with Crippen molar-refractivity contribution in [1.29, 1.82) is 0 Å². The van der Waals surface area contributed by atoms with E-state index in [4.69, 9.17) is 4.74 Å². The van der Waals surface area contributed by atoms with Gasteiger partial charge in [0.1, 0.15) is 0 Å². The lowest BCUT2D eigenvalue weighted by molar-refractivity contribution is 0.0427. The molecule has 2 fully saturated rings. The van der Waals surface area contributed by atoms with Crippen molar-refractivity contribution in [1.82, 2.24) is 5.32 Å². The minimum absolute atomic E-state index is 0.529. The van der Waals surface area contributed by atoms with Crippen LogP contribution in [0.1, 0.15) is 32.1 Å². The van der Waals surface area contributed by atoms with Crippen molar-refractivity contribution >= 4 is 0 Å². The van der Waals surface area contributed by atoms with Gasteiger partial charge in [-0.1, -0.05) is 12.8 Å². The van der Waals surface area contributed by atoms with Crippen LogP contribution in [0.15, 0.2) is 0 Å². The molecule has 0 spiro atoms. The average molecular weight is 183 g/mol. The van der Waals surface area contributed by atoms with Crippen molar-refractivity contribution in [3.05, 3.63) is 0 Å². The van der Waals surface area contributed by atoms with E-state index in [-0.39, 0.29) is 0 Å². The molecule has 1 saturated heterocycles. The van der Waals surface area contributed by atoms with E-state index in [0.29, 0.717) is 5.41 Å². The fourth-order valence-electron chi connectivity index (χ4n) is 2.61. The number of ether oxygens (including phenoxy) is 1. The lowest BCUT2D eigenvalue weighted by atomic mass is 9.75. The fraction of sp³-hybridized carbons (Fsp3) is 1.00. The molecule has 0 aromatic carbocycles. The second-order valence-electron chi connectivity index (χ2n) is 4.83. The van der Waals surface area contributed by atoms with E-state index in [1.54, 1.807) is 0 Å². The van der Waals surface area contributed by atoms with E-state index in [9.17, 15) is 0 Å². The zero-order chi connectivity index (χ0) is 9.15. The number of piperidine rings is 1. The standard InChI is InChI=1S/C11H21NO/c1-13-9-11(8-10-2-3-10)4-6-12-7-5-11/h10,12H,2-9H2,1H3. The summed E-state index contributed by atoms with van der Waals surface area (Å²) in [5.74, 6) is 1.04. The Morgan fingerprint density at radius 3 is 2.54 bits per heavy atom. The van der Waals surface area contributed by atoms with Gasteiger partial charge < -0.3 is 10.1 Å². The van der Waals surface area contributed by atoms with Crippen LogP contribution >= 0.6 is 0 Å². The Kier molecular flexibility index (Phi) is 2.89. The van der Waals surface area contributed by atoms with Crippen LogP contribution in [0.4, 0.5) is 0 Å². The molecular weight excluding hydrogens is 162 g/mol. The highest BCUT2D eigenvalue weighted by atomic mass is 16.5. The van der Waals surface area contributed by atoms with Crippen LogP contribution < -0.4 is 5.32 Å². The van der Waals surface area contributed by atoms with Crippen molar-refractivity contribution in [3.63, 3.8) is 0 Å². The molecule has 0 aromatic heterocycles. The average Bonchev–Trinajstić information content (AvgIpc) is 2.90. The van der Waals surface area contributed by atoms with Gasteiger partial charge in [-0.2, -0.15) is 0 Å². The first-order chi connectivity index (χ1) is 6.35. The summed E-state index contributed by atoms with van der Waals surface area (Å²) in [6.07, 6.45) is 7.00. The topological polar surface area (TPSA) is 21.3 Å². The molecule has 13 heavy (non-hydrogen) atoms. The van der Waals surface area contributed by atoms with Gasteiger partial charge in [-0.15, -0.1) is 0 Å². The second kappa shape index (κ2) is 3.97. The zero-order valence-electron chi connectivity index (χ0n) is 8.64. The van der Waals surface area contributed by atoms with Crippen LogP contribution in [0.5, 0.6) is 0 Å². The summed E-state index contributed by atoms with van der Waals surface area (Å²) in [6, 6.07) is 0. The summed E-state index contributed by atoms with van der Waals surface area (Å²) in [5.41, 5.74) is 0.529. The van der Waals surface area contributed by atoms with Gasteiger partial charge in [0.25, 0.3) is 0 Å². The summed E-state index contributed by atoms with van der Waals surface area (Å²) < 4.78 is 5.39. The first-order valence-electron chi connectivity index (χ1n) is 5.54. The lowest BCUT2D eigenvalue weighted by Crippen LogP contribution is -2.40. The third kappa shape index (κ3) is 2.44. The van der Waals surface area contributed by atoms with E-state index < -0.39 is 0 Å². The van der Waals surface area contributed by atoms with Crippen LogP contribution in [0.2, 0.25) is 0 Å². The first kappa shape index (κ1) is 9.47. The molecule has 1 aliphatic heterocycles. The SMILES string of the molecule is COCC1(CC2CC2)CCNCC1. The molecule has 1 heterocycles. The highest BCUT2D eigenvalue weighted by Gasteiger charge is 2.37. The van der Waals surface area contributed by atoms with Gasteiger partial charge in [-0.05, 0) is 43.7 Å². The summed E-state index contributed by atoms with van der Waals surface area (Å²) in [6.45, 7) is 3.36. The van der Waals surface area contributed by atoms with Crippen molar-refractivity contribution in [2.45, 2.75) is 32.1 Å². The molecule has 0 amide bonds. The molecule has 0 radical (unpaired) electrons. The predicted molar refractivity (Wildman–Crippen MR) is 53.8 cm³/mol. The predicted octanol–water partition coefficient (Wildman–Crippen LogP) is 1.80. The Morgan fingerprint density at radius 1 is 1.31 bits per heavy atom. The highest BCUT2D eigenvalue weighted by Crippen LogP contribution is 2.44. The first-order valence-corrected chi connectivity index (χ1v) is 5.54. The minimum atomic E-state index is 0.529. The maximum absolute atomic E-state index is 5.39. The van der Waals surface area contributed by atoms with Gasteiger partial charge in [0, 0.05) is 7.11 Å². The number of nitrogens with one attached hydrogen (secondary N) is 1. The van der Waals surface area contributed by atoms with Gasteiger partial charge in [0.15, 0.2) is 0 Å². The Hall–Kier alpha value is -0.0800. The molecule has 0 bridgehead atoms. The molecule has 2 rings (SSSR count). The van der Waals surface area contributed by atoms with E-state index in [1.807, 2.05) is 7.11 Å². The Bertz CT molecular complexity index is 154. The number of hydrogen-bond donors (Lipinski definition) is 1. The zero-order valence-corrected chi connectivity index (χ0v) is 8.64. The van der Waals surface area contributed by atoms with E-state index in [0.717, 1.165) is 12.5 Å². The van der Waals surface area contributed by atoms with Gasteiger partial charge >= 0.3 is 0 Å². The second-order valence-corrected chi connectivity index (χ2v) is 4.83. The molecule has 2 aliphatic rings. The molecule has 0 unspecified atom stereocenters. The van der Waals surface area contributed by atoms with Crippen molar-refractivity contribution in [2.24, 2.45) is 11.3 Å². The third-order valence-corrected chi connectivity index (χ3v) is 3.53. The Balaban J connectivity index is 1.90. The minimum Gasteiger partial charge on any atom is -0.384 e. The molecule has 76 valence electrons. The van der Waals surface area contributed by atoms with Crippen LogP contribution in [0.3, 0.4) is 0 Å². The summed E-state index contributed by atoms with van der Waals surface area (Å²) >= 11 is 0. The molecular formula is C11H21NO. The van der Waals surface area contributed by atoms with Gasteiger partial charge in [0.05, 0.1) is 6.61 Å². The highest BCUT2D eigenvalue weighted by molar-refractivity contribution is 4.90. The van der Waals surface area contributed by atoms with Gasteiger partial charge in [-0.3, -0.25) is 0 Å². The van der Waals surface area contributed by atoms with E-state index >= 15 is 0 Å². The van der Waals surface area contributed by atoms with Crippen LogP contribution in [-0.4, -0.2) is 26.8 Å². The van der Waals surface area contributed by atoms with Gasteiger partial charge in [0.2, 0.25) is 0 Å². The van der Waals surface area contributed by atoms with Crippen molar-refractivity contribution < 1.29 is 4.74 Å². The van der Waals surface area contributed by atoms with Crippen LogP contribution in [0.25, 0.3) is 0 Å². The molecule has 2 nitrogen and oxygen atoms in total. The fourth-order valence-corrected chi connectivity index (χ4v) is 2.61. The van der Waals surface area contributed by atoms with E-state index in [2.05, 4.69) is 5.32 Å². The molecule has 2 heteroatoms. The third-order valence-electron chi connectivity index (χ3n) is 3.53. The maximum Gasteiger partial charge on any atom is 0.0519 e. The summed E-state index contributed by atoms with van der Waals surface area (Å²) in [5, 5.41) is 3.44. The van der Waals surface area contributed by atoms with Gasteiger partial charge in [-0.25, -0.2) is 0 Å². The smallest absolute Gasteiger partial charge is 0.0519 e. The normalized spacial score (nSPS) is 27.5. The van der Waals surface area contributed by atoms with E-state index in [1.165, 1.54) is 45.2 Å². The maximum atomic E-state index is 5.39. The van der Waals surface area contributed by atoms with Crippen molar-refractivity contribution in [2.75, 3.05) is 26.8 Å². The number of methoxy groups -OCH3 is 1. The lowest BCUT2D eigenvalue weighted by Gasteiger charge is -2.37. The molecule has 0 aromatic rings. The summed E-state index contributed by atoms with van der Waals surface area (Å²) in [7, 11) is 1.84. The molecule has 1 saturated carbocycles. The van der Waals surface area contributed by atoms with Crippen LogP contribution in [-0.2, 0) is 4.74 Å². The monoisotopic (exact) mass is 183 g/mol. The molecule has 0 atom stereocenters. The van der Waals surface area contributed by atoms with Crippen LogP contribution in [0, 0.1) is 11.3 Å².